The van der Waals surface area contributed by atoms with Crippen LogP contribution in [0.15, 0.2) is 12.1 Å². The van der Waals surface area contributed by atoms with Gasteiger partial charge in [0.2, 0.25) is 5.91 Å². The van der Waals surface area contributed by atoms with Crippen LogP contribution in [0.2, 0.25) is 0 Å². The van der Waals surface area contributed by atoms with Gasteiger partial charge in [-0.15, -0.1) is 0 Å². The Kier molecular flexibility index (Phi) is 2.51. The summed E-state index contributed by atoms with van der Waals surface area (Å²) in [5.74, 6) is 0.329. The number of carbonyl (C=O) groups excluding carboxylic acids is 1. The summed E-state index contributed by atoms with van der Waals surface area (Å²) in [7, 11) is 0. The lowest BCUT2D eigenvalue weighted by Gasteiger charge is -2.25. The molecule has 1 heterocycles. The highest BCUT2D eigenvalue weighted by Crippen LogP contribution is 2.30. The van der Waals surface area contributed by atoms with Gasteiger partial charge in [-0.05, 0) is 37.8 Å². The fraction of sp³-hybridized carbons (Fsp3) is 0.462. The van der Waals surface area contributed by atoms with Crippen molar-refractivity contribution in [1.82, 2.24) is 0 Å². The van der Waals surface area contributed by atoms with Gasteiger partial charge in [-0.3, -0.25) is 4.79 Å². The average Bonchev–Trinajstić information content (AvgIpc) is 2.18. The third-order valence-corrected chi connectivity index (χ3v) is 3.14. The normalized spacial score (nSPS) is 19.7. The first kappa shape index (κ1) is 10.2. The van der Waals surface area contributed by atoms with E-state index in [9.17, 15) is 4.79 Å². The van der Waals surface area contributed by atoms with Crippen LogP contribution in [0.25, 0.3) is 0 Å². The van der Waals surface area contributed by atoms with Gasteiger partial charge in [0, 0.05) is 11.6 Å². The van der Waals surface area contributed by atoms with Crippen molar-refractivity contribution in [3.63, 3.8) is 0 Å². The van der Waals surface area contributed by atoms with E-state index in [-0.39, 0.29) is 11.8 Å². The van der Waals surface area contributed by atoms with Crippen LogP contribution >= 0.6 is 0 Å². The molecule has 0 saturated heterocycles. The molecule has 80 valence electrons. The maximum Gasteiger partial charge on any atom is 0.227 e. The van der Waals surface area contributed by atoms with Crippen molar-refractivity contribution in [3.8, 4) is 0 Å². The second kappa shape index (κ2) is 3.69. The third-order valence-electron chi connectivity index (χ3n) is 3.14. The minimum Gasteiger partial charge on any atom is -0.325 e. The molecule has 0 radical (unpaired) electrons. The summed E-state index contributed by atoms with van der Waals surface area (Å²) in [4.78, 5) is 11.7. The van der Waals surface area contributed by atoms with Crippen LogP contribution in [0.5, 0.6) is 0 Å². The van der Waals surface area contributed by atoms with E-state index in [0.29, 0.717) is 0 Å². The van der Waals surface area contributed by atoms with Crippen molar-refractivity contribution in [2.45, 2.75) is 33.6 Å². The maximum atomic E-state index is 11.7. The number of rotatable bonds is 1. The quantitative estimate of drug-likeness (QED) is 0.747. The molecule has 0 saturated carbocycles. The number of hydrogen-bond acceptors (Lipinski definition) is 1. The van der Waals surface area contributed by atoms with E-state index in [0.717, 1.165) is 18.5 Å². The Labute approximate surface area is 90.7 Å². The molecule has 15 heavy (non-hydrogen) atoms. The predicted molar refractivity (Wildman–Crippen MR) is 62.0 cm³/mol. The second-order valence-corrected chi connectivity index (χ2v) is 4.41. The number of fused-ring (bicyclic) bond motifs is 1. The molecule has 1 unspecified atom stereocenters. The van der Waals surface area contributed by atoms with E-state index in [1.807, 2.05) is 0 Å². The van der Waals surface area contributed by atoms with Gasteiger partial charge in [0.25, 0.3) is 0 Å². The lowest BCUT2D eigenvalue weighted by Crippen LogP contribution is -2.29. The van der Waals surface area contributed by atoms with Crippen molar-refractivity contribution in [2.24, 2.45) is 5.92 Å². The molecule has 0 aromatic heterocycles. The van der Waals surface area contributed by atoms with Crippen molar-refractivity contribution in [3.05, 3.63) is 28.8 Å². The molecule has 2 nitrogen and oxygen atoms in total. The van der Waals surface area contributed by atoms with Crippen molar-refractivity contribution in [1.29, 1.82) is 0 Å². The molecule has 0 fully saturated rings. The van der Waals surface area contributed by atoms with E-state index >= 15 is 0 Å². The summed E-state index contributed by atoms with van der Waals surface area (Å²) in [6.45, 7) is 6.22. The molecule has 1 amide bonds. The maximum absolute atomic E-state index is 11.7. The topological polar surface area (TPSA) is 29.1 Å². The van der Waals surface area contributed by atoms with Crippen LogP contribution in [0.4, 0.5) is 5.69 Å². The fourth-order valence-corrected chi connectivity index (χ4v) is 2.31. The molecule has 1 aromatic carbocycles. The highest BCUT2D eigenvalue weighted by molar-refractivity contribution is 5.96. The summed E-state index contributed by atoms with van der Waals surface area (Å²) < 4.78 is 0. The zero-order valence-corrected chi connectivity index (χ0v) is 9.55. The lowest BCUT2D eigenvalue weighted by molar-refractivity contribution is -0.120. The van der Waals surface area contributed by atoms with Gasteiger partial charge in [-0.2, -0.15) is 0 Å². The van der Waals surface area contributed by atoms with Crippen LogP contribution in [0, 0.1) is 19.8 Å². The van der Waals surface area contributed by atoms with Gasteiger partial charge in [0.1, 0.15) is 0 Å². The first-order chi connectivity index (χ1) is 7.11. The molecule has 1 atom stereocenters. The van der Waals surface area contributed by atoms with Crippen LogP contribution in [-0.4, -0.2) is 5.91 Å². The van der Waals surface area contributed by atoms with E-state index in [2.05, 4.69) is 38.2 Å². The molecule has 1 aliphatic heterocycles. The van der Waals surface area contributed by atoms with Gasteiger partial charge in [-0.1, -0.05) is 24.6 Å². The number of nitrogens with one attached hydrogen (secondary N) is 1. The lowest BCUT2D eigenvalue weighted by atomic mass is 9.89. The van der Waals surface area contributed by atoms with Gasteiger partial charge >= 0.3 is 0 Å². The molecule has 0 aliphatic carbocycles. The Morgan fingerprint density at radius 1 is 1.40 bits per heavy atom. The Balaban J connectivity index is 2.45. The average molecular weight is 203 g/mol. The Bertz CT molecular complexity index is 409. The Hall–Kier alpha value is -1.31. The smallest absolute Gasteiger partial charge is 0.227 e. The van der Waals surface area contributed by atoms with Crippen molar-refractivity contribution in [2.75, 3.05) is 5.32 Å². The van der Waals surface area contributed by atoms with E-state index in [4.69, 9.17) is 0 Å². The third kappa shape index (κ3) is 1.76. The first-order valence-electron chi connectivity index (χ1n) is 5.52. The van der Waals surface area contributed by atoms with E-state index in [1.165, 1.54) is 16.7 Å². The fourth-order valence-electron chi connectivity index (χ4n) is 2.31. The van der Waals surface area contributed by atoms with Crippen LogP contribution in [-0.2, 0) is 11.2 Å². The number of aryl methyl sites for hydroxylation is 2. The second-order valence-electron chi connectivity index (χ2n) is 4.41. The number of benzene rings is 1. The first-order valence-corrected chi connectivity index (χ1v) is 5.52. The van der Waals surface area contributed by atoms with Crippen LogP contribution in [0.3, 0.4) is 0 Å². The van der Waals surface area contributed by atoms with Crippen LogP contribution < -0.4 is 5.32 Å². The van der Waals surface area contributed by atoms with Gasteiger partial charge in [0.05, 0.1) is 0 Å². The minimum absolute atomic E-state index is 0.152. The standard InChI is InChI=1S/C13H17NO/c1-4-10-7-11-6-8(2)5-9(3)12(11)14-13(10)15/h5-6,10H,4,7H2,1-3H3,(H,14,15). The number of hydrogen-bond donors (Lipinski definition) is 1. The molecule has 0 spiro atoms. The molecule has 2 heteroatoms. The van der Waals surface area contributed by atoms with Gasteiger partial charge in [0.15, 0.2) is 0 Å². The Morgan fingerprint density at radius 3 is 2.80 bits per heavy atom. The zero-order chi connectivity index (χ0) is 11.0. The monoisotopic (exact) mass is 203 g/mol. The number of carbonyl (C=O) groups is 1. The molecule has 1 aliphatic rings. The summed E-state index contributed by atoms with van der Waals surface area (Å²) in [5.41, 5.74) is 4.78. The summed E-state index contributed by atoms with van der Waals surface area (Å²) in [5, 5.41) is 3.02. The zero-order valence-electron chi connectivity index (χ0n) is 9.55. The largest absolute Gasteiger partial charge is 0.325 e. The minimum atomic E-state index is 0.152. The van der Waals surface area contributed by atoms with Crippen LogP contribution in [0.1, 0.15) is 30.0 Å². The molecular formula is C13H17NO. The summed E-state index contributed by atoms with van der Waals surface area (Å²) in [6, 6.07) is 4.30. The molecule has 1 N–H and O–H groups in total. The summed E-state index contributed by atoms with van der Waals surface area (Å²) in [6.07, 6.45) is 1.80. The molecule has 1 aromatic rings. The Morgan fingerprint density at radius 2 is 2.13 bits per heavy atom. The van der Waals surface area contributed by atoms with E-state index < -0.39 is 0 Å². The number of amides is 1. The SMILES string of the molecule is CCC1Cc2cc(C)cc(C)c2NC1=O. The highest BCUT2D eigenvalue weighted by Gasteiger charge is 2.25. The van der Waals surface area contributed by atoms with Gasteiger partial charge < -0.3 is 5.32 Å². The molecular weight excluding hydrogens is 186 g/mol. The highest BCUT2D eigenvalue weighted by atomic mass is 16.1. The molecule has 0 bridgehead atoms. The van der Waals surface area contributed by atoms with Crippen molar-refractivity contribution >= 4 is 11.6 Å². The van der Waals surface area contributed by atoms with Crippen molar-refractivity contribution < 1.29 is 4.79 Å². The van der Waals surface area contributed by atoms with E-state index in [1.54, 1.807) is 0 Å². The number of anilines is 1. The summed E-state index contributed by atoms with van der Waals surface area (Å²) >= 11 is 0. The molecule has 2 rings (SSSR count). The predicted octanol–water partition coefficient (Wildman–Crippen LogP) is 2.82. The van der Waals surface area contributed by atoms with Gasteiger partial charge in [-0.25, -0.2) is 0 Å².